The molecule has 8 nitrogen and oxygen atoms in total. The van der Waals surface area contributed by atoms with Crippen LogP contribution in [0.5, 0.6) is 0 Å². The Morgan fingerprint density at radius 1 is 0.538 bits per heavy atom. The van der Waals surface area contributed by atoms with Crippen LogP contribution in [0.15, 0.2) is 140 Å². The lowest BCUT2D eigenvalue weighted by atomic mass is 10.1. The van der Waals surface area contributed by atoms with E-state index in [4.69, 9.17) is 23.2 Å². The Morgan fingerprint density at radius 2 is 0.846 bits per heavy atom. The van der Waals surface area contributed by atoms with E-state index in [1.54, 1.807) is 12.1 Å². The molecule has 196 valence electrons. The zero-order chi connectivity index (χ0) is 27.8. The summed E-state index contributed by atoms with van der Waals surface area (Å²) < 4.78 is 20.6. The first-order valence-corrected chi connectivity index (χ1v) is 13.4. The van der Waals surface area contributed by atoms with Gasteiger partial charge in [0.2, 0.25) is 0 Å². The summed E-state index contributed by atoms with van der Waals surface area (Å²) in [5.41, 5.74) is 7.08. The number of rotatable bonds is 2. The Kier molecular flexibility index (Phi) is 8.66. The summed E-state index contributed by atoms with van der Waals surface area (Å²) in [5, 5.41) is 1.24. The van der Waals surface area contributed by atoms with Gasteiger partial charge in [-0.05, 0) is 24.3 Å². The fraction of sp³-hybridized carbons (Fsp3) is 0. The van der Waals surface area contributed by atoms with Gasteiger partial charge in [0.25, 0.3) is 0 Å². The molecule has 0 aliphatic rings. The third-order valence-corrected chi connectivity index (χ3v) is 5.39. The summed E-state index contributed by atoms with van der Waals surface area (Å²) in [7, 11) is -4.14. The lowest BCUT2D eigenvalue weighted by Gasteiger charge is -2.02. The minimum Gasteiger partial charge on any atom is -0.456 e. The van der Waals surface area contributed by atoms with E-state index in [1.165, 1.54) is 12.1 Å². The van der Waals surface area contributed by atoms with Crippen molar-refractivity contribution in [3.8, 4) is 22.6 Å². The van der Waals surface area contributed by atoms with Crippen molar-refractivity contribution in [3.63, 3.8) is 0 Å². The van der Waals surface area contributed by atoms with Crippen LogP contribution in [-0.2, 0) is 4.57 Å². The summed E-state index contributed by atoms with van der Waals surface area (Å²) >= 11 is 0. The average Bonchev–Trinajstić information content (AvgIpc) is 2.93. The van der Waals surface area contributed by atoms with Gasteiger partial charge in [-0.3, -0.25) is 9.59 Å². The van der Waals surface area contributed by atoms with E-state index in [1.807, 2.05) is 97.1 Å². The van der Waals surface area contributed by atoms with Gasteiger partial charge >= 0.3 is 7.75 Å². The predicted molar refractivity (Wildman–Crippen MR) is 152 cm³/mol. The predicted octanol–water partition coefficient (Wildman–Crippen LogP) is 5.96. The van der Waals surface area contributed by atoms with Crippen LogP contribution in [-0.4, -0.2) is 9.79 Å². The second-order valence-electron chi connectivity index (χ2n) is 8.26. The van der Waals surface area contributed by atoms with E-state index in [2.05, 4.69) is 5.50 Å². The molecule has 6 aromatic rings. The Bertz CT molecular complexity index is 1720. The first-order chi connectivity index (χ1) is 18.7. The fourth-order valence-corrected chi connectivity index (χ4v) is 3.70. The van der Waals surface area contributed by atoms with Crippen LogP contribution in [0.4, 0.5) is 0 Å². The van der Waals surface area contributed by atoms with Gasteiger partial charge in [0, 0.05) is 23.3 Å². The second-order valence-corrected chi connectivity index (χ2v) is 9.44. The minimum absolute atomic E-state index is 0.00861. The van der Waals surface area contributed by atoms with Gasteiger partial charge in [-0.1, -0.05) is 84.9 Å². The van der Waals surface area contributed by atoms with Crippen molar-refractivity contribution < 1.29 is 23.2 Å². The van der Waals surface area contributed by atoms with Crippen molar-refractivity contribution in [1.82, 2.24) is 0 Å². The Labute approximate surface area is 222 Å². The molecular formula is C30H24NO7P. The van der Waals surface area contributed by atoms with E-state index in [-0.39, 0.29) is 10.9 Å². The van der Waals surface area contributed by atoms with Crippen LogP contribution < -0.4 is 16.4 Å². The van der Waals surface area contributed by atoms with Gasteiger partial charge in [0.15, 0.2) is 10.9 Å². The topological polar surface area (TPSA) is 144 Å². The first kappa shape index (κ1) is 27.4. The van der Waals surface area contributed by atoms with E-state index >= 15 is 0 Å². The molecule has 0 bridgehead atoms. The van der Waals surface area contributed by atoms with Gasteiger partial charge in [-0.2, -0.15) is 0 Å². The minimum atomic E-state index is -4.14. The second kappa shape index (κ2) is 12.3. The summed E-state index contributed by atoms with van der Waals surface area (Å²) in [4.78, 5) is 38.6. The smallest absolute Gasteiger partial charge is 0.397 e. The van der Waals surface area contributed by atoms with Crippen molar-refractivity contribution in [2.75, 3.05) is 0 Å². The highest BCUT2D eigenvalue weighted by Crippen LogP contribution is 2.22. The maximum atomic E-state index is 11.9. The fourth-order valence-electron chi connectivity index (χ4n) is 3.70. The quantitative estimate of drug-likeness (QED) is 0.228. The molecule has 0 aliphatic carbocycles. The normalized spacial score (nSPS) is 10.7. The van der Waals surface area contributed by atoms with Crippen LogP contribution in [0.25, 0.3) is 44.6 Å². The molecule has 0 saturated heterocycles. The lowest BCUT2D eigenvalue weighted by Crippen LogP contribution is -1.99. The molecule has 9 heteroatoms. The zero-order valence-electron chi connectivity index (χ0n) is 20.5. The summed E-state index contributed by atoms with van der Waals surface area (Å²) in [6.45, 7) is 0. The lowest BCUT2D eigenvalue weighted by molar-refractivity contribution is 0.374. The number of hydrogen-bond donors (Lipinski definition) is 3. The van der Waals surface area contributed by atoms with Gasteiger partial charge in [-0.25, -0.2) is 10.1 Å². The standard InChI is InChI=1S/2C15H10O2.H4NO3P/c2*16-13-10-15(11-6-2-1-3-7-11)17-14-9-5-4-8-12(13)14;1-5(2,3)4/h2*1-10H;(H4,1,2,3,4). The Balaban J connectivity index is 0.000000155. The molecule has 2 aromatic heterocycles. The van der Waals surface area contributed by atoms with Crippen molar-refractivity contribution in [3.05, 3.63) is 142 Å². The molecule has 0 unspecified atom stereocenters. The highest BCUT2D eigenvalue weighted by molar-refractivity contribution is 7.49. The third kappa shape index (κ3) is 7.70. The molecule has 0 saturated carbocycles. The van der Waals surface area contributed by atoms with Gasteiger partial charge in [-0.15, -0.1) is 0 Å². The number of benzene rings is 4. The third-order valence-electron chi connectivity index (χ3n) is 5.39. The van der Waals surface area contributed by atoms with E-state index in [0.717, 1.165) is 11.1 Å². The zero-order valence-corrected chi connectivity index (χ0v) is 21.4. The van der Waals surface area contributed by atoms with Crippen LogP contribution in [0.2, 0.25) is 0 Å². The molecule has 0 atom stereocenters. The van der Waals surface area contributed by atoms with Crippen LogP contribution >= 0.6 is 7.75 Å². The largest absolute Gasteiger partial charge is 0.456 e. The van der Waals surface area contributed by atoms with Crippen LogP contribution in [0.3, 0.4) is 0 Å². The molecule has 2 heterocycles. The van der Waals surface area contributed by atoms with Crippen LogP contribution in [0.1, 0.15) is 0 Å². The summed E-state index contributed by atoms with van der Waals surface area (Å²) in [6.07, 6.45) is 0. The average molecular weight is 541 g/mol. The van der Waals surface area contributed by atoms with E-state index in [0.29, 0.717) is 33.5 Å². The van der Waals surface area contributed by atoms with Gasteiger partial charge in [0.05, 0.1) is 10.8 Å². The Morgan fingerprint density at radius 3 is 1.21 bits per heavy atom. The number of hydrogen-bond acceptors (Lipinski definition) is 5. The molecule has 4 aromatic carbocycles. The molecule has 39 heavy (non-hydrogen) atoms. The first-order valence-electron chi connectivity index (χ1n) is 11.7. The molecule has 0 fully saturated rings. The molecule has 4 N–H and O–H groups in total. The monoisotopic (exact) mass is 541 g/mol. The molecule has 0 amide bonds. The summed E-state index contributed by atoms with van der Waals surface area (Å²) in [5.74, 6) is 1.21. The van der Waals surface area contributed by atoms with Crippen molar-refractivity contribution in [1.29, 1.82) is 0 Å². The number of fused-ring (bicyclic) bond motifs is 2. The van der Waals surface area contributed by atoms with E-state index < -0.39 is 7.75 Å². The molecule has 0 radical (unpaired) electrons. The Hall–Kier alpha value is -4.59. The highest BCUT2D eigenvalue weighted by atomic mass is 31.2. The maximum absolute atomic E-state index is 11.9. The molecular weight excluding hydrogens is 517 g/mol. The van der Waals surface area contributed by atoms with E-state index in [9.17, 15) is 9.59 Å². The highest BCUT2D eigenvalue weighted by Gasteiger charge is 2.06. The van der Waals surface area contributed by atoms with Gasteiger partial charge < -0.3 is 18.6 Å². The number of nitrogens with two attached hydrogens (primary N) is 1. The van der Waals surface area contributed by atoms with Crippen molar-refractivity contribution in [2.45, 2.75) is 0 Å². The van der Waals surface area contributed by atoms with Crippen molar-refractivity contribution >= 4 is 29.7 Å². The van der Waals surface area contributed by atoms with Crippen LogP contribution in [0, 0.1) is 0 Å². The summed E-state index contributed by atoms with van der Waals surface area (Å²) in [6, 6.07) is 36.9. The molecule has 0 aliphatic heterocycles. The maximum Gasteiger partial charge on any atom is 0.397 e. The van der Waals surface area contributed by atoms with Gasteiger partial charge in [0.1, 0.15) is 22.7 Å². The SMILES string of the molecule is NP(=O)(O)O.O=c1cc(-c2ccccc2)oc2ccccc12.O=c1cc(-c2ccccc2)oc2ccccc12. The van der Waals surface area contributed by atoms with Crippen molar-refractivity contribution in [2.24, 2.45) is 5.50 Å². The molecule has 0 spiro atoms. The number of para-hydroxylation sites is 2. The molecule has 6 rings (SSSR count).